The average molecular weight is 391 g/mol. The largest absolute Gasteiger partial charge is 0.495 e. The molecule has 3 N–H and O–H groups in total. The van der Waals surface area contributed by atoms with Crippen LogP contribution in [0.1, 0.15) is 22.8 Å². The van der Waals surface area contributed by atoms with Crippen molar-refractivity contribution >= 4 is 34.8 Å². The topological polar surface area (TPSA) is 105 Å². The van der Waals surface area contributed by atoms with Gasteiger partial charge >= 0.3 is 0 Å². The standard InChI is InChI=1S/C21H21N5O3/c1-13-4-9-19(29-3)18(10-13)26-21-22-11-15(12-23-21)20(28)25-17-7-5-16(6-8-17)24-14(2)27/h4-12H,1-3H3,(H,24,27)(H,25,28)(H,22,23,26). The Morgan fingerprint density at radius 2 is 1.55 bits per heavy atom. The Kier molecular flexibility index (Phi) is 6.03. The van der Waals surface area contributed by atoms with Gasteiger partial charge in [0.05, 0.1) is 18.4 Å². The van der Waals surface area contributed by atoms with E-state index < -0.39 is 0 Å². The number of rotatable bonds is 6. The third kappa shape index (κ3) is 5.29. The highest BCUT2D eigenvalue weighted by molar-refractivity contribution is 6.04. The summed E-state index contributed by atoms with van der Waals surface area (Å²) in [5.74, 6) is 0.529. The summed E-state index contributed by atoms with van der Waals surface area (Å²) in [5, 5.41) is 8.52. The van der Waals surface area contributed by atoms with E-state index in [4.69, 9.17) is 4.74 Å². The van der Waals surface area contributed by atoms with Crippen molar-refractivity contribution in [3.63, 3.8) is 0 Å². The summed E-state index contributed by atoms with van der Waals surface area (Å²) in [6, 6.07) is 12.5. The number of hydrogen-bond acceptors (Lipinski definition) is 6. The highest BCUT2D eigenvalue weighted by Crippen LogP contribution is 2.27. The first-order chi connectivity index (χ1) is 13.9. The zero-order valence-corrected chi connectivity index (χ0v) is 16.3. The fourth-order valence-corrected chi connectivity index (χ4v) is 2.59. The molecular weight excluding hydrogens is 370 g/mol. The van der Waals surface area contributed by atoms with E-state index in [1.807, 2.05) is 25.1 Å². The third-order valence-corrected chi connectivity index (χ3v) is 3.98. The van der Waals surface area contributed by atoms with E-state index in [1.54, 1.807) is 31.4 Å². The summed E-state index contributed by atoms with van der Waals surface area (Å²) < 4.78 is 5.33. The number of benzene rings is 2. The van der Waals surface area contributed by atoms with Gasteiger partial charge in [0.25, 0.3) is 5.91 Å². The van der Waals surface area contributed by atoms with Crippen LogP contribution in [0.5, 0.6) is 5.75 Å². The number of methoxy groups -OCH3 is 1. The molecule has 148 valence electrons. The molecule has 0 aliphatic heterocycles. The van der Waals surface area contributed by atoms with Gasteiger partial charge in [-0.25, -0.2) is 9.97 Å². The van der Waals surface area contributed by atoms with Crippen LogP contribution in [0.4, 0.5) is 23.0 Å². The maximum absolute atomic E-state index is 12.4. The second kappa shape index (κ2) is 8.83. The molecule has 1 heterocycles. The van der Waals surface area contributed by atoms with E-state index in [0.717, 1.165) is 11.3 Å². The molecule has 0 aliphatic rings. The molecule has 0 saturated heterocycles. The SMILES string of the molecule is COc1ccc(C)cc1Nc1ncc(C(=O)Nc2ccc(NC(C)=O)cc2)cn1. The molecule has 0 saturated carbocycles. The first-order valence-electron chi connectivity index (χ1n) is 8.87. The minimum absolute atomic E-state index is 0.157. The maximum Gasteiger partial charge on any atom is 0.258 e. The molecule has 29 heavy (non-hydrogen) atoms. The molecule has 0 atom stereocenters. The van der Waals surface area contributed by atoms with Gasteiger partial charge in [0.1, 0.15) is 5.75 Å². The van der Waals surface area contributed by atoms with Crippen molar-refractivity contribution in [2.45, 2.75) is 13.8 Å². The number of aromatic nitrogens is 2. The highest BCUT2D eigenvalue weighted by Gasteiger charge is 2.10. The molecule has 0 radical (unpaired) electrons. The van der Waals surface area contributed by atoms with Crippen LogP contribution in [0.15, 0.2) is 54.9 Å². The number of anilines is 4. The molecule has 0 spiro atoms. The van der Waals surface area contributed by atoms with Crippen molar-refractivity contribution in [3.05, 3.63) is 66.0 Å². The number of nitrogens with zero attached hydrogens (tertiary/aromatic N) is 2. The van der Waals surface area contributed by atoms with Gasteiger partial charge in [-0.05, 0) is 48.9 Å². The van der Waals surface area contributed by atoms with E-state index in [9.17, 15) is 9.59 Å². The van der Waals surface area contributed by atoms with Crippen molar-refractivity contribution in [1.29, 1.82) is 0 Å². The molecule has 3 aromatic rings. The second-order valence-corrected chi connectivity index (χ2v) is 6.34. The molecule has 0 aliphatic carbocycles. The number of ether oxygens (including phenoxy) is 1. The number of carbonyl (C=O) groups excluding carboxylic acids is 2. The van der Waals surface area contributed by atoms with E-state index >= 15 is 0 Å². The molecule has 3 rings (SSSR count). The van der Waals surface area contributed by atoms with Crippen LogP contribution in [0.3, 0.4) is 0 Å². The Labute approximate surface area is 168 Å². The number of carbonyl (C=O) groups is 2. The van der Waals surface area contributed by atoms with Crippen LogP contribution in [0.25, 0.3) is 0 Å². The summed E-state index contributed by atoms with van der Waals surface area (Å²) in [7, 11) is 1.59. The first kappa shape index (κ1) is 19.8. The summed E-state index contributed by atoms with van der Waals surface area (Å²) in [5.41, 5.74) is 3.37. The second-order valence-electron chi connectivity index (χ2n) is 6.34. The normalized spacial score (nSPS) is 10.2. The minimum atomic E-state index is -0.336. The Bertz CT molecular complexity index is 1020. The van der Waals surface area contributed by atoms with Gasteiger partial charge in [-0.15, -0.1) is 0 Å². The molecule has 1 aromatic heterocycles. The van der Waals surface area contributed by atoms with Gasteiger partial charge in [0.2, 0.25) is 11.9 Å². The van der Waals surface area contributed by atoms with Crippen LogP contribution >= 0.6 is 0 Å². The zero-order chi connectivity index (χ0) is 20.8. The van der Waals surface area contributed by atoms with Crippen LogP contribution in [-0.4, -0.2) is 28.9 Å². The monoisotopic (exact) mass is 391 g/mol. The van der Waals surface area contributed by atoms with Gasteiger partial charge in [-0.1, -0.05) is 6.07 Å². The van der Waals surface area contributed by atoms with Crippen LogP contribution < -0.4 is 20.7 Å². The lowest BCUT2D eigenvalue weighted by Crippen LogP contribution is -2.13. The minimum Gasteiger partial charge on any atom is -0.495 e. The molecule has 8 nitrogen and oxygen atoms in total. The van der Waals surface area contributed by atoms with Crippen LogP contribution in [0, 0.1) is 6.92 Å². The highest BCUT2D eigenvalue weighted by atomic mass is 16.5. The number of amides is 2. The van der Waals surface area contributed by atoms with Crippen molar-refractivity contribution < 1.29 is 14.3 Å². The predicted molar refractivity (Wildman–Crippen MR) is 112 cm³/mol. The number of hydrogen-bond donors (Lipinski definition) is 3. The summed E-state index contributed by atoms with van der Waals surface area (Å²) >= 11 is 0. The fraction of sp³-hybridized carbons (Fsp3) is 0.143. The number of nitrogens with one attached hydrogen (secondary N) is 3. The maximum atomic E-state index is 12.4. The van der Waals surface area contributed by atoms with E-state index in [1.165, 1.54) is 19.3 Å². The lowest BCUT2D eigenvalue weighted by atomic mass is 10.2. The fourth-order valence-electron chi connectivity index (χ4n) is 2.59. The van der Waals surface area contributed by atoms with Crippen molar-refractivity contribution in [3.8, 4) is 5.75 Å². The van der Waals surface area contributed by atoms with Gasteiger partial charge in [-0.2, -0.15) is 0 Å². The molecule has 0 unspecified atom stereocenters. The molecule has 0 fully saturated rings. The first-order valence-corrected chi connectivity index (χ1v) is 8.87. The summed E-state index contributed by atoms with van der Waals surface area (Å²) in [4.78, 5) is 31.8. The van der Waals surface area contributed by atoms with Crippen molar-refractivity contribution in [2.75, 3.05) is 23.1 Å². The predicted octanol–water partition coefficient (Wildman–Crippen LogP) is 3.75. The zero-order valence-electron chi connectivity index (χ0n) is 16.3. The van der Waals surface area contributed by atoms with E-state index in [2.05, 4.69) is 25.9 Å². The van der Waals surface area contributed by atoms with Gasteiger partial charge < -0.3 is 20.7 Å². The number of aryl methyl sites for hydroxylation is 1. The van der Waals surface area contributed by atoms with Crippen molar-refractivity contribution in [2.24, 2.45) is 0 Å². The van der Waals surface area contributed by atoms with Gasteiger partial charge in [-0.3, -0.25) is 9.59 Å². The molecular formula is C21H21N5O3. The third-order valence-electron chi connectivity index (χ3n) is 3.98. The summed E-state index contributed by atoms with van der Waals surface area (Å²) in [6.45, 7) is 3.41. The quantitative estimate of drug-likeness (QED) is 0.591. The molecule has 0 bridgehead atoms. The van der Waals surface area contributed by atoms with Crippen LogP contribution in [0.2, 0.25) is 0 Å². The molecule has 2 amide bonds. The van der Waals surface area contributed by atoms with Crippen LogP contribution in [-0.2, 0) is 4.79 Å². The summed E-state index contributed by atoms with van der Waals surface area (Å²) in [6.07, 6.45) is 2.89. The Hall–Kier alpha value is -3.94. The van der Waals surface area contributed by atoms with Gasteiger partial charge in [0, 0.05) is 30.7 Å². The Morgan fingerprint density at radius 3 is 2.14 bits per heavy atom. The lowest BCUT2D eigenvalue weighted by Gasteiger charge is -2.11. The van der Waals surface area contributed by atoms with Gasteiger partial charge in [0.15, 0.2) is 0 Å². The van der Waals surface area contributed by atoms with Crippen molar-refractivity contribution in [1.82, 2.24) is 9.97 Å². The van der Waals surface area contributed by atoms with E-state index in [0.29, 0.717) is 28.6 Å². The smallest absolute Gasteiger partial charge is 0.258 e. The van der Waals surface area contributed by atoms with E-state index in [-0.39, 0.29) is 11.8 Å². The lowest BCUT2D eigenvalue weighted by molar-refractivity contribution is -0.114. The molecule has 8 heteroatoms. The Balaban J connectivity index is 1.66. The molecule has 2 aromatic carbocycles. The Morgan fingerprint density at radius 1 is 0.931 bits per heavy atom. The average Bonchev–Trinajstić information content (AvgIpc) is 2.70.